The summed E-state index contributed by atoms with van der Waals surface area (Å²) in [7, 11) is 4.58. The molecule has 32 heavy (non-hydrogen) atoms. The van der Waals surface area contributed by atoms with Crippen molar-refractivity contribution >= 4 is 33.5 Å². The van der Waals surface area contributed by atoms with E-state index in [-0.39, 0.29) is 5.75 Å². The number of carbonyl (C=O) groups excluding carboxylic acids is 1. The number of benzene rings is 3. The normalized spacial score (nSPS) is 10.8. The highest BCUT2D eigenvalue weighted by molar-refractivity contribution is 9.10. The van der Waals surface area contributed by atoms with E-state index in [0.29, 0.717) is 39.5 Å². The van der Waals surface area contributed by atoms with Gasteiger partial charge in [-0.15, -0.1) is 0 Å². The van der Waals surface area contributed by atoms with Crippen LogP contribution in [-0.4, -0.2) is 27.3 Å². The molecule has 0 saturated heterocycles. The van der Waals surface area contributed by atoms with Crippen LogP contribution in [-0.2, 0) is 0 Å². The molecule has 7 heteroatoms. The molecule has 0 bridgehead atoms. The lowest BCUT2D eigenvalue weighted by Gasteiger charge is -2.11. The first kappa shape index (κ1) is 22.9. The average Bonchev–Trinajstić information content (AvgIpc) is 2.83. The predicted molar refractivity (Wildman–Crippen MR) is 125 cm³/mol. The molecule has 0 amide bonds. The summed E-state index contributed by atoms with van der Waals surface area (Å²) in [5, 5.41) is 9.68. The zero-order chi connectivity index (χ0) is 23.1. The molecule has 6 nitrogen and oxygen atoms in total. The molecule has 0 unspecified atom stereocenters. The summed E-state index contributed by atoms with van der Waals surface area (Å²) in [6, 6.07) is 19.4. The molecule has 0 heterocycles. The lowest BCUT2D eigenvalue weighted by atomic mass is 10.0. The first-order chi connectivity index (χ1) is 15.5. The van der Waals surface area contributed by atoms with Gasteiger partial charge in [0.1, 0.15) is 0 Å². The van der Waals surface area contributed by atoms with Crippen LogP contribution in [0.25, 0.3) is 11.6 Å². The van der Waals surface area contributed by atoms with Gasteiger partial charge in [0.25, 0.3) is 0 Å². The van der Waals surface area contributed by atoms with Crippen LogP contribution >= 0.6 is 15.9 Å². The number of methoxy groups -OCH3 is 3. The molecule has 0 saturated carbocycles. The zero-order valence-electron chi connectivity index (χ0n) is 17.7. The SMILES string of the molecule is COc1ccc(/C(C#N)=C\c2ccc(OC(=O)c3ccc(Br)cc3)c(OC)c2)cc1OC. The Bertz CT molecular complexity index is 1200. The summed E-state index contributed by atoms with van der Waals surface area (Å²) >= 11 is 3.34. The van der Waals surface area contributed by atoms with E-state index in [1.807, 2.05) is 0 Å². The van der Waals surface area contributed by atoms with Crippen LogP contribution in [0.1, 0.15) is 21.5 Å². The monoisotopic (exact) mass is 493 g/mol. The average molecular weight is 494 g/mol. The molecule has 0 fully saturated rings. The molecule has 0 aliphatic heterocycles. The van der Waals surface area contributed by atoms with Gasteiger partial charge in [-0.1, -0.05) is 22.0 Å². The fourth-order valence-corrected chi connectivity index (χ4v) is 3.22. The van der Waals surface area contributed by atoms with E-state index in [9.17, 15) is 10.1 Å². The van der Waals surface area contributed by atoms with E-state index in [1.165, 1.54) is 14.2 Å². The molecule has 0 atom stereocenters. The van der Waals surface area contributed by atoms with Gasteiger partial charge in [-0.25, -0.2) is 4.79 Å². The van der Waals surface area contributed by atoms with E-state index < -0.39 is 5.97 Å². The van der Waals surface area contributed by atoms with Gasteiger partial charge < -0.3 is 18.9 Å². The topological polar surface area (TPSA) is 77.8 Å². The number of carbonyl (C=O) groups is 1. The lowest BCUT2D eigenvalue weighted by Crippen LogP contribution is -2.09. The van der Waals surface area contributed by atoms with Gasteiger partial charge in [0, 0.05) is 4.47 Å². The summed E-state index contributed by atoms with van der Waals surface area (Å²) in [6.45, 7) is 0. The summed E-state index contributed by atoms with van der Waals surface area (Å²) < 4.78 is 22.3. The van der Waals surface area contributed by atoms with Gasteiger partial charge in [0.15, 0.2) is 23.0 Å². The van der Waals surface area contributed by atoms with Crippen LogP contribution in [0.3, 0.4) is 0 Å². The van der Waals surface area contributed by atoms with Crippen molar-refractivity contribution in [2.24, 2.45) is 0 Å². The van der Waals surface area contributed by atoms with Crippen molar-refractivity contribution < 1.29 is 23.7 Å². The Labute approximate surface area is 194 Å². The number of rotatable bonds is 7. The Morgan fingerprint density at radius 1 is 0.812 bits per heavy atom. The third-order valence-corrected chi connectivity index (χ3v) is 5.12. The van der Waals surface area contributed by atoms with Crippen LogP contribution in [0, 0.1) is 11.3 Å². The number of hydrogen-bond acceptors (Lipinski definition) is 6. The highest BCUT2D eigenvalue weighted by atomic mass is 79.9. The maximum atomic E-state index is 12.4. The quantitative estimate of drug-likeness (QED) is 0.180. The van der Waals surface area contributed by atoms with E-state index in [4.69, 9.17) is 18.9 Å². The van der Waals surface area contributed by atoms with Crippen molar-refractivity contribution in [1.29, 1.82) is 5.26 Å². The molecular formula is C25H20BrNO5. The Morgan fingerprint density at radius 3 is 2.03 bits per heavy atom. The molecule has 3 aromatic carbocycles. The van der Waals surface area contributed by atoms with Crippen LogP contribution < -0.4 is 18.9 Å². The first-order valence-corrected chi connectivity index (χ1v) is 10.3. The van der Waals surface area contributed by atoms with E-state index in [0.717, 1.165) is 4.47 Å². The van der Waals surface area contributed by atoms with E-state index >= 15 is 0 Å². The zero-order valence-corrected chi connectivity index (χ0v) is 19.3. The Morgan fingerprint density at radius 2 is 1.41 bits per heavy atom. The molecule has 0 aliphatic rings. The molecule has 3 rings (SSSR count). The standard InChI is InChI=1S/C25H20BrNO5/c1-29-21-11-7-18(14-24(21)31-3)19(15-27)12-16-4-10-22(23(13-16)30-2)32-25(28)17-5-8-20(26)9-6-17/h4-14H,1-3H3/b19-12-. The van der Waals surface area contributed by atoms with Gasteiger partial charge in [-0.2, -0.15) is 5.26 Å². The van der Waals surface area contributed by atoms with Gasteiger partial charge in [0.05, 0.1) is 38.5 Å². The van der Waals surface area contributed by atoms with Crippen molar-refractivity contribution in [3.05, 3.63) is 81.8 Å². The molecule has 0 spiro atoms. The third kappa shape index (κ3) is 5.29. The number of allylic oxidation sites excluding steroid dienone is 1. The number of nitrogens with zero attached hydrogens (tertiary/aromatic N) is 1. The molecule has 3 aromatic rings. The minimum Gasteiger partial charge on any atom is -0.493 e. The molecule has 0 radical (unpaired) electrons. The predicted octanol–water partition coefficient (Wildman–Crippen LogP) is 5.76. The Balaban J connectivity index is 1.88. The minimum atomic E-state index is -0.498. The number of halogens is 1. The number of ether oxygens (including phenoxy) is 4. The second kappa shape index (κ2) is 10.5. The first-order valence-electron chi connectivity index (χ1n) is 9.49. The van der Waals surface area contributed by atoms with Crippen LogP contribution in [0.4, 0.5) is 0 Å². The van der Waals surface area contributed by atoms with Gasteiger partial charge in [-0.3, -0.25) is 0 Å². The second-order valence-electron chi connectivity index (χ2n) is 6.55. The molecular weight excluding hydrogens is 474 g/mol. The molecule has 0 aliphatic carbocycles. The number of hydrogen-bond donors (Lipinski definition) is 0. The summed E-state index contributed by atoms with van der Waals surface area (Å²) in [5.74, 6) is 1.25. The van der Waals surface area contributed by atoms with Crippen molar-refractivity contribution in [2.45, 2.75) is 0 Å². The van der Waals surface area contributed by atoms with Crippen LogP contribution in [0.5, 0.6) is 23.0 Å². The van der Waals surface area contributed by atoms with Gasteiger partial charge in [0.2, 0.25) is 0 Å². The lowest BCUT2D eigenvalue weighted by molar-refractivity contribution is 0.0729. The largest absolute Gasteiger partial charge is 0.493 e. The maximum Gasteiger partial charge on any atom is 0.343 e. The van der Waals surface area contributed by atoms with Crippen molar-refractivity contribution in [1.82, 2.24) is 0 Å². The van der Waals surface area contributed by atoms with Crippen LogP contribution in [0.15, 0.2) is 65.1 Å². The maximum absolute atomic E-state index is 12.4. The Hall–Kier alpha value is -3.76. The van der Waals surface area contributed by atoms with Crippen molar-refractivity contribution in [3.8, 4) is 29.1 Å². The van der Waals surface area contributed by atoms with E-state index in [2.05, 4.69) is 22.0 Å². The molecule has 0 N–H and O–H groups in total. The second-order valence-corrected chi connectivity index (χ2v) is 7.46. The molecule has 162 valence electrons. The summed E-state index contributed by atoms with van der Waals surface area (Å²) in [5.41, 5.74) is 2.22. The van der Waals surface area contributed by atoms with Crippen LogP contribution in [0.2, 0.25) is 0 Å². The minimum absolute atomic E-state index is 0.280. The Kier molecular flexibility index (Phi) is 7.53. The molecule has 0 aromatic heterocycles. The highest BCUT2D eigenvalue weighted by Crippen LogP contribution is 2.33. The van der Waals surface area contributed by atoms with Crippen molar-refractivity contribution in [2.75, 3.05) is 21.3 Å². The fourth-order valence-electron chi connectivity index (χ4n) is 2.95. The smallest absolute Gasteiger partial charge is 0.343 e. The fraction of sp³-hybridized carbons (Fsp3) is 0.120. The van der Waals surface area contributed by atoms with E-state index in [1.54, 1.807) is 73.8 Å². The number of nitriles is 1. The summed E-state index contributed by atoms with van der Waals surface area (Å²) in [6.07, 6.45) is 1.71. The third-order valence-electron chi connectivity index (χ3n) is 4.60. The van der Waals surface area contributed by atoms with Crippen molar-refractivity contribution in [3.63, 3.8) is 0 Å². The summed E-state index contributed by atoms with van der Waals surface area (Å²) in [4.78, 5) is 12.4. The highest BCUT2D eigenvalue weighted by Gasteiger charge is 2.14. The van der Waals surface area contributed by atoms with Gasteiger partial charge >= 0.3 is 5.97 Å². The van der Waals surface area contributed by atoms with Gasteiger partial charge in [-0.05, 0) is 71.8 Å². The number of esters is 1.